The van der Waals surface area contributed by atoms with Gasteiger partial charge in [-0.25, -0.2) is 14.5 Å². The molecule has 5 aromatic carbocycles. The highest BCUT2D eigenvalue weighted by Crippen LogP contribution is 2.50. The zero-order valence-electron chi connectivity index (χ0n) is 27.1. The molecular formula is C42H20N8O. The van der Waals surface area contributed by atoms with Gasteiger partial charge in [0.05, 0.1) is 61.2 Å². The minimum atomic E-state index is -1.20. The van der Waals surface area contributed by atoms with Crippen molar-refractivity contribution < 1.29 is 4.74 Å². The number of rotatable bonds is 4. The van der Waals surface area contributed by atoms with Gasteiger partial charge >= 0.3 is 0 Å². The Hall–Kier alpha value is -8.18. The zero-order chi connectivity index (χ0) is 36.4. The molecule has 1 aliphatic heterocycles. The van der Waals surface area contributed by atoms with E-state index in [1.54, 1.807) is 12.1 Å². The van der Waals surface area contributed by atoms with Crippen molar-refractivity contribution in [2.24, 2.45) is 0 Å². The molecule has 0 saturated carbocycles. The fourth-order valence-corrected chi connectivity index (χ4v) is 6.76. The number of nitriles is 5. The number of ether oxygens (including phenoxy) is 1. The van der Waals surface area contributed by atoms with Gasteiger partial charge in [-0.05, 0) is 70.8 Å². The molecule has 0 amide bonds. The molecule has 0 spiro atoms. The lowest BCUT2D eigenvalue weighted by Gasteiger charge is -2.34. The standard InChI is InChI=1S/C42H20N8O/c1-42(2)32-8-6-7-9-36(32)51-37-11-10-25(17-33(37)42)38-28(21-45)14-26(15-29(38)22-46)41(39-27(20-44)12-24(19-43)13-34(39)49-4)40-30(23-47)16-31(48-3)18-35(40)50-5/h6-18,41H,1-2H3. The first-order valence-electron chi connectivity index (χ1n) is 15.3. The second-order valence-corrected chi connectivity index (χ2v) is 12.1. The predicted octanol–water partition coefficient (Wildman–Crippen LogP) is 9.98. The molecule has 9 nitrogen and oxygen atoms in total. The Morgan fingerprint density at radius 2 is 1.20 bits per heavy atom. The SMILES string of the molecule is [C-]#[N+]c1cc(C#N)c(C(c2cc(C#N)c(-c3ccc4c(c3)C(C)(C)c3ccccc3O4)c(C#N)c2)c2c(C#N)cc(C#N)cc2[N+]#[C-])c([N+]#[C-])c1. The van der Waals surface area contributed by atoms with Crippen molar-refractivity contribution in [2.45, 2.75) is 25.2 Å². The van der Waals surface area contributed by atoms with Crippen LogP contribution >= 0.6 is 0 Å². The molecule has 0 aliphatic carbocycles. The van der Waals surface area contributed by atoms with Crippen LogP contribution in [0.15, 0.2) is 78.9 Å². The van der Waals surface area contributed by atoms with E-state index in [4.69, 9.17) is 24.5 Å². The molecule has 9 heteroatoms. The molecule has 5 aromatic rings. The summed E-state index contributed by atoms with van der Waals surface area (Å²) in [5, 5.41) is 51.4. The van der Waals surface area contributed by atoms with E-state index >= 15 is 0 Å². The second kappa shape index (κ2) is 12.8. The molecule has 0 radical (unpaired) electrons. The van der Waals surface area contributed by atoms with Gasteiger partial charge in [-0.3, -0.25) is 0 Å². The summed E-state index contributed by atoms with van der Waals surface area (Å²) >= 11 is 0. The van der Waals surface area contributed by atoms with Crippen LogP contribution in [0.4, 0.5) is 17.1 Å². The van der Waals surface area contributed by atoms with Gasteiger partial charge < -0.3 is 4.74 Å². The van der Waals surface area contributed by atoms with Crippen molar-refractivity contribution in [3.63, 3.8) is 0 Å². The van der Waals surface area contributed by atoms with Crippen molar-refractivity contribution in [2.75, 3.05) is 0 Å². The first kappa shape index (κ1) is 32.7. The van der Waals surface area contributed by atoms with Crippen molar-refractivity contribution in [1.82, 2.24) is 0 Å². The number of hydrogen-bond acceptors (Lipinski definition) is 6. The van der Waals surface area contributed by atoms with Gasteiger partial charge in [-0.15, -0.1) is 0 Å². The van der Waals surface area contributed by atoms with Crippen molar-refractivity contribution in [3.8, 4) is 53.0 Å². The van der Waals surface area contributed by atoms with Crippen molar-refractivity contribution in [1.29, 1.82) is 26.3 Å². The average molecular weight is 653 g/mol. The third kappa shape index (κ3) is 5.30. The van der Waals surface area contributed by atoms with Gasteiger partial charge in [0.2, 0.25) is 0 Å². The summed E-state index contributed by atoms with van der Waals surface area (Å²) in [6.07, 6.45) is 0. The summed E-state index contributed by atoms with van der Waals surface area (Å²) in [6, 6.07) is 32.0. The molecule has 1 heterocycles. The molecule has 1 unspecified atom stereocenters. The van der Waals surface area contributed by atoms with E-state index in [9.17, 15) is 26.3 Å². The van der Waals surface area contributed by atoms with Gasteiger partial charge in [0.25, 0.3) is 0 Å². The van der Waals surface area contributed by atoms with Crippen molar-refractivity contribution in [3.05, 3.63) is 169 Å². The Labute approximate surface area is 294 Å². The van der Waals surface area contributed by atoms with E-state index in [0.717, 1.165) is 16.9 Å². The molecular weight excluding hydrogens is 633 g/mol. The minimum Gasteiger partial charge on any atom is -0.457 e. The molecule has 0 fully saturated rings. The number of nitrogens with zero attached hydrogens (tertiary/aromatic N) is 8. The van der Waals surface area contributed by atoms with Crippen LogP contribution < -0.4 is 4.74 Å². The topological polar surface area (TPSA) is 141 Å². The summed E-state index contributed by atoms with van der Waals surface area (Å²) in [5.41, 5.74) is 2.75. The molecule has 0 saturated heterocycles. The predicted molar refractivity (Wildman–Crippen MR) is 187 cm³/mol. The van der Waals surface area contributed by atoms with Crippen LogP contribution in [-0.2, 0) is 5.41 Å². The quantitative estimate of drug-likeness (QED) is 0.140. The molecule has 0 bridgehead atoms. The van der Waals surface area contributed by atoms with Crippen LogP contribution in [0.25, 0.3) is 25.7 Å². The molecule has 1 aliphatic rings. The summed E-state index contributed by atoms with van der Waals surface area (Å²) in [4.78, 5) is 10.6. The Balaban J connectivity index is 1.67. The Morgan fingerprint density at radius 3 is 1.78 bits per heavy atom. The highest BCUT2D eigenvalue weighted by molar-refractivity contribution is 5.81. The lowest BCUT2D eigenvalue weighted by molar-refractivity contribution is 0.418. The average Bonchev–Trinajstić information content (AvgIpc) is 3.17. The Morgan fingerprint density at radius 1 is 0.608 bits per heavy atom. The molecule has 234 valence electrons. The van der Waals surface area contributed by atoms with E-state index < -0.39 is 11.3 Å². The summed E-state index contributed by atoms with van der Waals surface area (Å²) in [7, 11) is 0. The largest absolute Gasteiger partial charge is 0.457 e. The van der Waals surface area contributed by atoms with E-state index in [1.807, 2.05) is 36.4 Å². The molecule has 0 N–H and O–H groups in total. The maximum absolute atomic E-state index is 10.6. The summed E-state index contributed by atoms with van der Waals surface area (Å²) in [6.45, 7) is 27.6. The molecule has 6 rings (SSSR count). The van der Waals surface area contributed by atoms with Crippen LogP contribution in [0.5, 0.6) is 11.5 Å². The third-order valence-corrected chi connectivity index (χ3v) is 9.08. The zero-order valence-corrected chi connectivity index (χ0v) is 27.1. The van der Waals surface area contributed by atoms with Crippen LogP contribution in [0.1, 0.15) is 75.4 Å². The van der Waals surface area contributed by atoms with E-state index in [0.29, 0.717) is 16.9 Å². The van der Waals surface area contributed by atoms with Crippen LogP contribution in [0, 0.1) is 76.4 Å². The Kier molecular flexibility index (Phi) is 8.21. The van der Waals surface area contributed by atoms with Crippen LogP contribution in [-0.4, -0.2) is 0 Å². The number of benzene rings is 5. The normalized spacial score (nSPS) is 12.2. The van der Waals surface area contributed by atoms with Gasteiger partial charge in [-0.1, -0.05) is 44.2 Å². The maximum atomic E-state index is 10.6. The van der Waals surface area contributed by atoms with E-state index in [2.05, 4.69) is 52.7 Å². The second-order valence-electron chi connectivity index (χ2n) is 12.1. The fraction of sp³-hybridized carbons (Fsp3) is 0.0952. The van der Waals surface area contributed by atoms with Crippen LogP contribution in [0.3, 0.4) is 0 Å². The number of para-hydroxylation sites is 1. The fourth-order valence-electron chi connectivity index (χ4n) is 6.76. The number of fused-ring (bicyclic) bond motifs is 2. The molecule has 0 aromatic heterocycles. The van der Waals surface area contributed by atoms with Gasteiger partial charge in [0.15, 0.2) is 17.1 Å². The summed E-state index contributed by atoms with van der Waals surface area (Å²) < 4.78 is 6.22. The van der Waals surface area contributed by atoms with E-state index in [1.165, 1.54) is 36.4 Å². The first-order valence-corrected chi connectivity index (χ1v) is 15.3. The van der Waals surface area contributed by atoms with E-state index in [-0.39, 0.29) is 61.6 Å². The molecule has 1 atom stereocenters. The third-order valence-electron chi connectivity index (χ3n) is 9.08. The Bertz CT molecular complexity index is 2500. The highest BCUT2D eigenvalue weighted by Gasteiger charge is 2.35. The summed E-state index contributed by atoms with van der Waals surface area (Å²) in [5.74, 6) is 0.189. The van der Waals surface area contributed by atoms with Crippen LogP contribution in [0.2, 0.25) is 0 Å². The minimum absolute atomic E-state index is 0.0403. The first-order chi connectivity index (χ1) is 24.7. The van der Waals surface area contributed by atoms with Gasteiger partial charge in [-0.2, -0.15) is 26.3 Å². The smallest absolute Gasteiger partial charge is 0.193 e. The van der Waals surface area contributed by atoms with Gasteiger partial charge in [0, 0.05) is 44.7 Å². The number of hydrogen-bond donors (Lipinski definition) is 0. The maximum Gasteiger partial charge on any atom is 0.193 e. The monoisotopic (exact) mass is 652 g/mol. The lowest BCUT2D eigenvalue weighted by Crippen LogP contribution is -2.24. The van der Waals surface area contributed by atoms with Crippen molar-refractivity contribution >= 4 is 17.1 Å². The lowest BCUT2D eigenvalue weighted by atomic mass is 9.74. The highest BCUT2D eigenvalue weighted by atomic mass is 16.5. The van der Waals surface area contributed by atoms with Gasteiger partial charge in [0.1, 0.15) is 11.5 Å². The molecule has 51 heavy (non-hydrogen) atoms.